The number of benzene rings is 1. The Morgan fingerprint density at radius 3 is 2.91 bits per heavy atom. The lowest BCUT2D eigenvalue weighted by Crippen LogP contribution is -2.35. The van der Waals surface area contributed by atoms with Crippen LogP contribution in [0.4, 0.5) is 10.5 Å². The number of likely N-dealkylation sites (tertiary alicyclic amines) is 1. The number of rotatable bonds is 6. The smallest absolute Gasteiger partial charge is 0.319 e. The van der Waals surface area contributed by atoms with Gasteiger partial charge in [-0.05, 0) is 75.7 Å². The predicted molar refractivity (Wildman–Crippen MR) is 97.0 cm³/mol. The molecule has 4 heteroatoms. The van der Waals surface area contributed by atoms with Crippen molar-refractivity contribution in [1.82, 2.24) is 10.2 Å². The van der Waals surface area contributed by atoms with Crippen LogP contribution in [0.1, 0.15) is 43.7 Å². The van der Waals surface area contributed by atoms with Gasteiger partial charge in [0, 0.05) is 18.8 Å². The summed E-state index contributed by atoms with van der Waals surface area (Å²) in [4.78, 5) is 14.5. The second-order valence-electron chi connectivity index (χ2n) is 6.95. The molecule has 0 bridgehead atoms. The quantitative estimate of drug-likeness (QED) is 0.781. The van der Waals surface area contributed by atoms with E-state index in [0.29, 0.717) is 0 Å². The van der Waals surface area contributed by atoms with Gasteiger partial charge < -0.3 is 15.5 Å². The van der Waals surface area contributed by atoms with Crippen molar-refractivity contribution in [2.24, 2.45) is 5.92 Å². The van der Waals surface area contributed by atoms with Gasteiger partial charge in [-0.25, -0.2) is 4.79 Å². The van der Waals surface area contributed by atoms with Crippen molar-refractivity contribution in [3.05, 3.63) is 29.3 Å². The first kappa shape index (κ1) is 17.8. The summed E-state index contributed by atoms with van der Waals surface area (Å²) < 4.78 is 0. The van der Waals surface area contributed by atoms with Gasteiger partial charge in [-0.1, -0.05) is 19.1 Å². The summed E-state index contributed by atoms with van der Waals surface area (Å²) in [6.45, 7) is 10.8. The number of hydrogen-bond acceptors (Lipinski definition) is 2. The molecule has 0 saturated carbocycles. The Morgan fingerprint density at radius 2 is 2.13 bits per heavy atom. The van der Waals surface area contributed by atoms with Crippen LogP contribution in [0.25, 0.3) is 0 Å². The van der Waals surface area contributed by atoms with Gasteiger partial charge >= 0.3 is 6.03 Å². The Bertz CT molecular complexity index is 515. The third-order valence-electron chi connectivity index (χ3n) is 4.57. The first-order valence-corrected chi connectivity index (χ1v) is 8.89. The molecule has 0 radical (unpaired) electrons. The summed E-state index contributed by atoms with van der Waals surface area (Å²) >= 11 is 0. The van der Waals surface area contributed by atoms with Crippen molar-refractivity contribution >= 4 is 11.7 Å². The van der Waals surface area contributed by atoms with E-state index in [1.54, 1.807) is 0 Å². The second kappa shape index (κ2) is 8.92. The van der Waals surface area contributed by atoms with Gasteiger partial charge in [0.2, 0.25) is 0 Å². The predicted octanol–water partition coefficient (Wildman–Crippen LogP) is 3.94. The normalized spacial score (nSPS) is 18.7. The topological polar surface area (TPSA) is 44.4 Å². The third kappa shape index (κ3) is 6.22. The minimum Gasteiger partial charge on any atom is -0.338 e. The largest absolute Gasteiger partial charge is 0.338 e. The fourth-order valence-electron chi connectivity index (χ4n) is 3.19. The number of aryl methyl sites for hydroxylation is 2. The number of anilines is 1. The molecule has 1 aromatic rings. The third-order valence-corrected chi connectivity index (χ3v) is 4.57. The molecule has 1 aliphatic rings. The van der Waals surface area contributed by atoms with Crippen LogP contribution >= 0.6 is 0 Å². The SMILES string of the molecule is Cc1ccc(C)c(NC(=O)NCCCCN2CCCC(C)C2)c1. The van der Waals surface area contributed by atoms with Crippen molar-refractivity contribution in [3.8, 4) is 0 Å². The van der Waals surface area contributed by atoms with Crippen LogP contribution in [-0.4, -0.2) is 37.1 Å². The number of nitrogens with one attached hydrogen (secondary N) is 2. The first-order valence-electron chi connectivity index (χ1n) is 8.89. The van der Waals surface area contributed by atoms with Crippen LogP contribution < -0.4 is 10.6 Å². The molecule has 1 fully saturated rings. The number of unbranched alkanes of at least 4 members (excludes halogenated alkanes) is 1. The van der Waals surface area contributed by atoms with Crippen LogP contribution in [0.5, 0.6) is 0 Å². The minimum atomic E-state index is -0.106. The van der Waals surface area contributed by atoms with Gasteiger partial charge in [-0.15, -0.1) is 0 Å². The fraction of sp³-hybridized carbons (Fsp3) is 0.632. The van der Waals surface area contributed by atoms with Gasteiger partial charge in [-0.3, -0.25) is 0 Å². The van der Waals surface area contributed by atoms with Crippen LogP contribution in [0.3, 0.4) is 0 Å². The molecular formula is C19H31N3O. The average Bonchev–Trinajstić information content (AvgIpc) is 2.51. The molecule has 128 valence electrons. The average molecular weight is 317 g/mol. The Kier molecular flexibility index (Phi) is 6.90. The number of hydrogen-bond donors (Lipinski definition) is 2. The summed E-state index contributed by atoms with van der Waals surface area (Å²) in [7, 11) is 0. The Balaban J connectivity index is 1.60. The van der Waals surface area contributed by atoms with Crippen molar-refractivity contribution in [3.63, 3.8) is 0 Å². The zero-order chi connectivity index (χ0) is 16.7. The molecule has 1 atom stereocenters. The maximum absolute atomic E-state index is 12.0. The molecule has 1 heterocycles. The summed E-state index contributed by atoms with van der Waals surface area (Å²) in [5.41, 5.74) is 3.14. The van der Waals surface area contributed by atoms with Crippen LogP contribution in [-0.2, 0) is 0 Å². The molecule has 0 aromatic heterocycles. The number of amides is 2. The number of piperidine rings is 1. The van der Waals surface area contributed by atoms with E-state index in [-0.39, 0.29) is 6.03 Å². The van der Waals surface area contributed by atoms with E-state index in [0.717, 1.165) is 48.7 Å². The highest BCUT2D eigenvalue weighted by molar-refractivity contribution is 5.90. The van der Waals surface area contributed by atoms with Crippen molar-refractivity contribution < 1.29 is 4.79 Å². The molecule has 4 nitrogen and oxygen atoms in total. The molecule has 0 aliphatic carbocycles. The molecule has 1 aromatic carbocycles. The highest BCUT2D eigenvalue weighted by atomic mass is 16.2. The van der Waals surface area contributed by atoms with E-state index in [9.17, 15) is 4.79 Å². The number of carbonyl (C=O) groups is 1. The van der Waals surface area contributed by atoms with Crippen LogP contribution in [0.15, 0.2) is 18.2 Å². The van der Waals surface area contributed by atoms with Crippen molar-refractivity contribution in [1.29, 1.82) is 0 Å². The Morgan fingerprint density at radius 1 is 1.30 bits per heavy atom. The van der Waals surface area contributed by atoms with Gasteiger partial charge in [0.1, 0.15) is 0 Å². The second-order valence-corrected chi connectivity index (χ2v) is 6.95. The summed E-state index contributed by atoms with van der Waals surface area (Å²) in [6, 6.07) is 5.99. The monoisotopic (exact) mass is 317 g/mol. The Labute approximate surface area is 140 Å². The summed E-state index contributed by atoms with van der Waals surface area (Å²) in [5, 5.41) is 5.89. The molecular weight excluding hydrogens is 286 g/mol. The molecule has 2 rings (SSSR count). The van der Waals surface area contributed by atoms with Crippen LogP contribution in [0, 0.1) is 19.8 Å². The van der Waals surface area contributed by atoms with E-state index in [1.165, 1.54) is 25.9 Å². The van der Waals surface area contributed by atoms with E-state index in [4.69, 9.17) is 0 Å². The lowest BCUT2D eigenvalue weighted by Gasteiger charge is -2.30. The van der Waals surface area contributed by atoms with Crippen molar-refractivity contribution in [2.45, 2.75) is 46.5 Å². The van der Waals surface area contributed by atoms with Gasteiger partial charge in [0.25, 0.3) is 0 Å². The number of urea groups is 1. The lowest BCUT2D eigenvalue weighted by molar-refractivity contribution is 0.181. The number of carbonyl (C=O) groups excluding carboxylic acids is 1. The molecule has 1 saturated heterocycles. The molecule has 2 N–H and O–H groups in total. The molecule has 2 amide bonds. The highest BCUT2D eigenvalue weighted by Crippen LogP contribution is 2.16. The van der Waals surface area contributed by atoms with E-state index >= 15 is 0 Å². The summed E-state index contributed by atoms with van der Waals surface area (Å²) in [6.07, 6.45) is 4.88. The molecule has 1 unspecified atom stereocenters. The van der Waals surface area contributed by atoms with Gasteiger partial charge in [0.15, 0.2) is 0 Å². The Hall–Kier alpha value is -1.55. The molecule has 0 spiro atoms. The highest BCUT2D eigenvalue weighted by Gasteiger charge is 2.15. The molecule has 1 aliphatic heterocycles. The summed E-state index contributed by atoms with van der Waals surface area (Å²) in [5.74, 6) is 0.838. The first-order chi connectivity index (χ1) is 11.0. The maximum Gasteiger partial charge on any atom is 0.319 e. The molecule has 23 heavy (non-hydrogen) atoms. The van der Waals surface area contributed by atoms with E-state index in [1.807, 2.05) is 26.0 Å². The maximum atomic E-state index is 12.0. The minimum absolute atomic E-state index is 0.106. The fourth-order valence-corrected chi connectivity index (χ4v) is 3.19. The van der Waals surface area contributed by atoms with Gasteiger partial charge in [0.05, 0.1) is 0 Å². The van der Waals surface area contributed by atoms with E-state index < -0.39 is 0 Å². The van der Waals surface area contributed by atoms with Crippen molar-refractivity contribution in [2.75, 3.05) is 31.5 Å². The van der Waals surface area contributed by atoms with Gasteiger partial charge in [-0.2, -0.15) is 0 Å². The zero-order valence-electron chi connectivity index (χ0n) is 14.8. The lowest BCUT2D eigenvalue weighted by atomic mass is 10.0. The standard InChI is InChI=1S/C19H31N3O/c1-15-8-9-17(3)18(13-15)21-19(23)20-10-4-5-11-22-12-6-7-16(2)14-22/h8-9,13,16H,4-7,10-12,14H2,1-3H3,(H2,20,21,23). The zero-order valence-corrected chi connectivity index (χ0v) is 14.8. The van der Waals surface area contributed by atoms with E-state index in [2.05, 4.69) is 28.5 Å². The van der Waals surface area contributed by atoms with Crippen LogP contribution in [0.2, 0.25) is 0 Å². The number of nitrogens with zero attached hydrogens (tertiary/aromatic N) is 1.